The first-order chi connectivity index (χ1) is 8.76. The minimum Gasteiger partial charge on any atom is -0.378 e. The molecule has 5 heteroatoms. The Labute approximate surface area is 114 Å². The second-order valence-corrected chi connectivity index (χ2v) is 5.23. The third kappa shape index (κ3) is 4.31. The van der Waals surface area contributed by atoms with Crippen LogP contribution >= 0.6 is 11.3 Å². The van der Waals surface area contributed by atoms with Crippen LogP contribution in [0.15, 0.2) is 0 Å². The molecule has 1 aromatic rings. The lowest BCUT2D eigenvalue weighted by Crippen LogP contribution is -2.06. The Morgan fingerprint density at radius 1 is 1.39 bits per heavy atom. The highest BCUT2D eigenvalue weighted by molar-refractivity contribution is 7.11. The first-order valence-electron chi connectivity index (χ1n) is 6.50. The molecule has 1 rings (SSSR count). The molecule has 0 aliphatic rings. The van der Waals surface area contributed by atoms with Crippen molar-refractivity contribution < 1.29 is 9.47 Å². The van der Waals surface area contributed by atoms with Gasteiger partial charge in [0, 0.05) is 25.1 Å². The maximum Gasteiger partial charge on any atom is 0.122 e. The summed E-state index contributed by atoms with van der Waals surface area (Å²) in [6.45, 7) is 6.33. The molecule has 1 N–H and O–H groups in total. The Morgan fingerprint density at radius 3 is 2.72 bits per heavy atom. The van der Waals surface area contributed by atoms with Crippen molar-refractivity contribution in [1.82, 2.24) is 10.3 Å². The van der Waals surface area contributed by atoms with Gasteiger partial charge in [-0.15, -0.1) is 11.3 Å². The fourth-order valence-corrected chi connectivity index (χ4v) is 3.00. The van der Waals surface area contributed by atoms with Crippen LogP contribution in [0.2, 0.25) is 0 Å². The average molecular weight is 272 g/mol. The summed E-state index contributed by atoms with van der Waals surface area (Å²) < 4.78 is 11.0. The summed E-state index contributed by atoms with van der Waals surface area (Å²) in [5, 5.41) is 4.25. The van der Waals surface area contributed by atoms with E-state index in [0.717, 1.165) is 36.7 Å². The molecule has 0 radical (unpaired) electrons. The monoisotopic (exact) mass is 272 g/mol. The molecular formula is C13H24N2O2S. The van der Waals surface area contributed by atoms with Crippen molar-refractivity contribution in [3.63, 3.8) is 0 Å². The number of nitrogens with one attached hydrogen (secondary N) is 1. The molecule has 0 fully saturated rings. The van der Waals surface area contributed by atoms with Crippen molar-refractivity contribution in [1.29, 1.82) is 0 Å². The largest absolute Gasteiger partial charge is 0.378 e. The molecule has 0 bridgehead atoms. The number of thiazole rings is 1. The summed E-state index contributed by atoms with van der Waals surface area (Å²) in [7, 11) is 3.65. The van der Waals surface area contributed by atoms with E-state index < -0.39 is 0 Å². The zero-order valence-corrected chi connectivity index (χ0v) is 12.6. The number of rotatable bonds is 9. The van der Waals surface area contributed by atoms with Crippen LogP contribution in [0.1, 0.15) is 48.4 Å². The van der Waals surface area contributed by atoms with Crippen LogP contribution in [0.4, 0.5) is 0 Å². The van der Waals surface area contributed by atoms with Gasteiger partial charge < -0.3 is 14.8 Å². The lowest BCUT2D eigenvalue weighted by molar-refractivity contribution is 0.0552. The number of ether oxygens (including phenoxy) is 2. The third-order valence-corrected chi connectivity index (χ3v) is 3.80. The highest BCUT2D eigenvalue weighted by Gasteiger charge is 2.18. The van der Waals surface area contributed by atoms with Crippen molar-refractivity contribution in [2.75, 3.05) is 20.8 Å². The molecule has 0 aliphatic heterocycles. The SMILES string of the molecule is CCCC(OCC)c1nc(COC)c(CNC)s1. The molecule has 1 atom stereocenters. The molecule has 0 saturated carbocycles. The average Bonchev–Trinajstić information content (AvgIpc) is 2.73. The maximum absolute atomic E-state index is 5.78. The van der Waals surface area contributed by atoms with E-state index in [4.69, 9.17) is 9.47 Å². The van der Waals surface area contributed by atoms with Crippen molar-refractivity contribution in [3.05, 3.63) is 15.6 Å². The molecule has 4 nitrogen and oxygen atoms in total. The number of aromatic nitrogens is 1. The van der Waals surface area contributed by atoms with Gasteiger partial charge in [-0.05, 0) is 20.4 Å². The van der Waals surface area contributed by atoms with Gasteiger partial charge in [0.1, 0.15) is 11.1 Å². The zero-order chi connectivity index (χ0) is 13.4. The molecule has 1 heterocycles. The Balaban J connectivity index is 2.88. The maximum atomic E-state index is 5.78. The topological polar surface area (TPSA) is 43.4 Å². The summed E-state index contributed by atoms with van der Waals surface area (Å²) in [4.78, 5) is 5.93. The summed E-state index contributed by atoms with van der Waals surface area (Å²) >= 11 is 1.73. The molecule has 1 unspecified atom stereocenters. The number of hydrogen-bond donors (Lipinski definition) is 1. The van der Waals surface area contributed by atoms with Crippen molar-refractivity contribution in [3.8, 4) is 0 Å². The highest BCUT2D eigenvalue weighted by atomic mass is 32.1. The van der Waals surface area contributed by atoms with E-state index >= 15 is 0 Å². The van der Waals surface area contributed by atoms with Crippen LogP contribution in [0.5, 0.6) is 0 Å². The van der Waals surface area contributed by atoms with Crippen molar-refractivity contribution in [2.45, 2.75) is 45.9 Å². The van der Waals surface area contributed by atoms with Crippen LogP contribution in [0.3, 0.4) is 0 Å². The number of hydrogen-bond acceptors (Lipinski definition) is 5. The molecule has 18 heavy (non-hydrogen) atoms. The van der Waals surface area contributed by atoms with Crippen LogP contribution in [0.25, 0.3) is 0 Å². The van der Waals surface area contributed by atoms with E-state index in [-0.39, 0.29) is 6.10 Å². The fraction of sp³-hybridized carbons (Fsp3) is 0.769. The minimum atomic E-state index is 0.131. The predicted molar refractivity (Wildman–Crippen MR) is 74.9 cm³/mol. The molecule has 0 aliphatic carbocycles. The van der Waals surface area contributed by atoms with Gasteiger partial charge in [-0.25, -0.2) is 4.98 Å². The van der Waals surface area contributed by atoms with Gasteiger partial charge in [-0.2, -0.15) is 0 Å². The fourth-order valence-electron chi connectivity index (χ4n) is 1.83. The standard InChI is InChI=1S/C13H24N2O2S/c1-5-7-11(17-6-2)13-15-10(9-16-4)12(18-13)8-14-3/h11,14H,5-9H2,1-4H3. The van der Waals surface area contributed by atoms with E-state index in [1.165, 1.54) is 4.88 Å². The normalized spacial score (nSPS) is 12.9. The zero-order valence-electron chi connectivity index (χ0n) is 11.8. The van der Waals surface area contributed by atoms with Gasteiger partial charge in [0.05, 0.1) is 12.3 Å². The van der Waals surface area contributed by atoms with Gasteiger partial charge >= 0.3 is 0 Å². The van der Waals surface area contributed by atoms with Gasteiger partial charge in [0.15, 0.2) is 0 Å². The van der Waals surface area contributed by atoms with E-state index in [0.29, 0.717) is 6.61 Å². The lowest BCUT2D eigenvalue weighted by atomic mass is 10.2. The molecular weight excluding hydrogens is 248 g/mol. The van der Waals surface area contributed by atoms with Crippen LogP contribution < -0.4 is 5.32 Å². The second-order valence-electron chi connectivity index (χ2n) is 4.12. The molecule has 0 amide bonds. The van der Waals surface area contributed by atoms with Gasteiger partial charge in [0.2, 0.25) is 0 Å². The molecule has 104 valence electrons. The Kier molecular flexibility index (Phi) is 7.42. The van der Waals surface area contributed by atoms with Crippen LogP contribution in [-0.4, -0.2) is 25.7 Å². The van der Waals surface area contributed by atoms with Gasteiger partial charge in [0.25, 0.3) is 0 Å². The molecule has 0 spiro atoms. The van der Waals surface area contributed by atoms with Crippen molar-refractivity contribution in [2.24, 2.45) is 0 Å². The number of nitrogens with zero attached hydrogens (tertiary/aromatic N) is 1. The number of methoxy groups -OCH3 is 1. The summed E-state index contributed by atoms with van der Waals surface area (Å²) in [5.41, 5.74) is 1.03. The molecule has 0 aromatic carbocycles. The van der Waals surface area contributed by atoms with E-state index in [9.17, 15) is 0 Å². The first-order valence-corrected chi connectivity index (χ1v) is 7.32. The summed E-state index contributed by atoms with van der Waals surface area (Å²) in [6.07, 6.45) is 2.25. The first kappa shape index (κ1) is 15.6. The summed E-state index contributed by atoms with van der Waals surface area (Å²) in [6, 6.07) is 0. The van der Waals surface area contributed by atoms with Crippen molar-refractivity contribution >= 4 is 11.3 Å². The summed E-state index contributed by atoms with van der Waals surface area (Å²) in [5.74, 6) is 0. The van der Waals surface area contributed by atoms with Crippen LogP contribution in [0, 0.1) is 0 Å². The van der Waals surface area contributed by atoms with Gasteiger partial charge in [-0.3, -0.25) is 0 Å². The predicted octanol–water partition coefficient (Wildman–Crippen LogP) is 2.89. The Hall–Kier alpha value is -0.490. The van der Waals surface area contributed by atoms with E-state index in [1.807, 2.05) is 14.0 Å². The second kappa shape index (κ2) is 8.58. The van der Waals surface area contributed by atoms with Crippen LogP contribution in [-0.2, 0) is 22.6 Å². The molecule has 1 aromatic heterocycles. The minimum absolute atomic E-state index is 0.131. The Morgan fingerprint density at radius 2 is 2.17 bits per heavy atom. The molecule has 0 saturated heterocycles. The smallest absolute Gasteiger partial charge is 0.122 e. The lowest BCUT2D eigenvalue weighted by Gasteiger charge is -2.12. The third-order valence-electron chi connectivity index (χ3n) is 2.61. The quantitative estimate of drug-likeness (QED) is 0.750. The van der Waals surface area contributed by atoms with Gasteiger partial charge in [-0.1, -0.05) is 13.3 Å². The van der Waals surface area contributed by atoms with E-state index in [2.05, 4.69) is 17.2 Å². The highest BCUT2D eigenvalue weighted by Crippen LogP contribution is 2.29. The van der Waals surface area contributed by atoms with E-state index in [1.54, 1.807) is 18.4 Å². The Bertz CT molecular complexity index is 312.